The van der Waals surface area contributed by atoms with Crippen LogP contribution in [0, 0.1) is 5.41 Å². The second kappa shape index (κ2) is 4.37. The fourth-order valence-corrected chi connectivity index (χ4v) is 1.25. The van der Waals surface area contributed by atoms with Crippen molar-refractivity contribution < 1.29 is 4.84 Å². The Labute approximate surface area is 77.5 Å². The van der Waals surface area contributed by atoms with Crippen LogP contribution < -0.4 is 5.48 Å². The van der Waals surface area contributed by atoms with Crippen LogP contribution in [0.4, 0.5) is 0 Å². The van der Waals surface area contributed by atoms with Crippen LogP contribution in [-0.2, 0) is 4.84 Å². The first kappa shape index (κ1) is 9.41. The molecule has 4 nitrogen and oxygen atoms in total. The molecule has 1 rings (SSSR count). The molecule has 0 fully saturated rings. The van der Waals surface area contributed by atoms with Crippen LogP contribution >= 0.6 is 12.6 Å². The fraction of sp³-hybridized carbons (Fsp3) is 0.571. The van der Waals surface area contributed by atoms with E-state index in [1.807, 2.05) is 11.1 Å². The van der Waals surface area contributed by atoms with Gasteiger partial charge in [0.25, 0.3) is 0 Å². The predicted molar refractivity (Wildman–Crippen MR) is 51.1 cm³/mol. The van der Waals surface area contributed by atoms with Crippen LogP contribution in [0.15, 0.2) is 11.9 Å². The van der Waals surface area contributed by atoms with Crippen LogP contribution in [0.2, 0.25) is 0 Å². The standard InChI is InChI=1S/C7H13N3OS/c1-11-9-6-2-3-10(4-6)7(8)5-12/h4,8-9,12H,2-3,5H2,1H3. The maximum atomic E-state index is 7.49. The van der Waals surface area contributed by atoms with Crippen molar-refractivity contribution in [2.45, 2.75) is 6.42 Å². The first-order valence-electron chi connectivity index (χ1n) is 3.72. The molecule has 0 aromatic rings. The van der Waals surface area contributed by atoms with E-state index in [0.29, 0.717) is 11.6 Å². The summed E-state index contributed by atoms with van der Waals surface area (Å²) in [5, 5.41) is 7.49. The third-order valence-electron chi connectivity index (χ3n) is 1.66. The number of rotatable bonds is 3. The molecule has 0 spiro atoms. The molecule has 0 aromatic carbocycles. The van der Waals surface area contributed by atoms with Crippen LogP contribution in [0.25, 0.3) is 0 Å². The quantitative estimate of drug-likeness (QED) is 0.262. The van der Waals surface area contributed by atoms with E-state index in [1.54, 1.807) is 7.11 Å². The molecule has 0 unspecified atom stereocenters. The summed E-state index contributed by atoms with van der Waals surface area (Å²) in [6, 6.07) is 0. The summed E-state index contributed by atoms with van der Waals surface area (Å²) in [5.74, 6) is 0.989. The minimum atomic E-state index is 0.469. The highest BCUT2D eigenvalue weighted by Crippen LogP contribution is 2.11. The lowest BCUT2D eigenvalue weighted by Crippen LogP contribution is -2.23. The van der Waals surface area contributed by atoms with Gasteiger partial charge in [-0.2, -0.15) is 12.6 Å². The van der Waals surface area contributed by atoms with Gasteiger partial charge in [0, 0.05) is 24.9 Å². The van der Waals surface area contributed by atoms with Crippen LogP contribution in [-0.4, -0.2) is 30.1 Å². The van der Waals surface area contributed by atoms with Crippen molar-refractivity contribution in [2.24, 2.45) is 0 Å². The molecule has 5 heteroatoms. The average Bonchev–Trinajstić information content (AvgIpc) is 2.52. The van der Waals surface area contributed by atoms with Gasteiger partial charge >= 0.3 is 0 Å². The van der Waals surface area contributed by atoms with Crippen molar-refractivity contribution in [1.29, 1.82) is 5.41 Å². The summed E-state index contributed by atoms with van der Waals surface area (Å²) >= 11 is 4.03. The zero-order valence-corrected chi connectivity index (χ0v) is 7.90. The van der Waals surface area contributed by atoms with E-state index in [1.165, 1.54) is 0 Å². The molecular weight excluding hydrogens is 174 g/mol. The minimum absolute atomic E-state index is 0.469. The Morgan fingerprint density at radius 1 is 1.92 bits per heavy atom. The molecule has 0 bridgehead atoms. The Balaban J connectivity index is 2.46. The summed E-state index contributed by atoms with van der Waals surface area (Å²) in [5.41, 5.74) is 3.75. The number of hydrogen-bond donors (Lipinski definition) is 3. The minimum Gasteiger partial charge on any atom is -0.334 e. The van der Waals surface area contributed by atoms with Crippen molar-refractivity contribution >= 4 is 18.5 Å². The smallest absolute Gasteiger partial charge is 0.110 e. The third kappa shape index (κ3) is 2.15. The lowest BCUT2D eigenvalue weighted by Gasteiger charge is -2.13. The van der Waals surface area contributed by atoms with E-state index in [4.69, 9.17) is 10.2 Å². The number of nitrogens with one attached hydrogen (secondary N) is 2. The highest BCUT2D eigenvalue weighted by Gasteiger charge is 2.14. The largest absolute Gasteiger partial charge is 0.334 e. The van der Waals surface area contributed by atoms with Gasteiger partial charge in [0.1, 0.15) is 5.84 Å². The van der Waals surface area contributed by atoms with Gasteiger partial charge in [-0.1, -0.05) is 0 Å². The maximum Gasteiger partial charge on any atom is 0.110 e. The summed E-state index contributed by atoms with van der Waals surface area (Å²) in [4.78, 5) is 6.61. The molecule has 12 heavy (non-hydrogen) atoms. The van der Waals surface area contributed by atoms with Crippen LogP contribution in [0.5, 0.6) is 0 Å². The molecule has 2 N–H and O–H groups in total. The molecule has 1 aliphatic rings. The molecule has 0 aliphatic carbocycles. The van der Waals surface area contributed by atoms with Crippen LogP contribution in [0.1, 0.15) is 6.42 Å². The highest BCUT2D eigenvalue weighted by atomic mass is 32.1. The number of nitrogens with zero attached hydrogens (tertiary/aromatic N) is 1. The first-order chi connectivity index (χ1) is 5.77. The van der Waals surface area contributed by atoms with Gasteiger partial charge < -0.3 is 4.90 Å². The molecule has 0 amide bonds. The van der Waals surface area contributed by atoms with Crippen molar-refractivity contribution in [3.05, 3.63) is 11.9 Å². The van der Waals surface area contributed by atoms with Gasteiger partial charge in [-0.25, -0.2) is 0 Å². The van der Waals surface area contributed by atoms with E-state index in [9.17, 15) is 0 Å². The number of thiol groups is 1. The normalized spacial score (nSPS) is 16.2. The Kier molecular flexibility index (Phi) is 3.43. The SMILES string of the molecule is CONC1=CN(C(=N)CS)CC1. The lowest BCUT2D eigenvalue weighted by atomic mass is 10.4. The topological polar surface area (TPSA) is 48.4 Å². The van der Waals surface area contributed by atoms with E-state index in [-0.39, 0.29) is 0 Å². The third-order valence-corrected chi connectivity index (χ3v) is 1.96. The molecule has 0 saturated carbocycles. The zero-order chi connectivity index (χ0) is 8.97. The second-order valence-corrected chi connectivity index (χ2v) is 2.82. The highest BCUT2D eigenvalue weighted by molar-refractivity contribution is 7.81. The van der Waals surface area contributed by atoms with Gasteiger partial charge in [0.05, 0.1) is 12.8 Å². The number of hydroxylamine groups is 1. The number of hydrogen-bond acceptors (Lipinski definition) is 4. The summed E-state index contributed by atoms with van der Waals surface area (Å²) in [6.07, 6.45) is 2.77. The predicted octanol–water partition coefficient (Wildman–Crippen LogP) is 0.592. The Hall–Kier alpha value is -0.680. The summed E-state index contributed by atoms with van der Waals surface area (Å²) < 4.78 is 0. The summed E-state index contributed by atoms with van der Waals surface area (Å²) in [7, 11) is 1.58. The average molecular weight is 187 g/mol. The molecule has 0 saturated heterocycles. The first-order valence-corrected chi connectivity index (χ1v) is 4.35. The van der Waals surface area contributed by atoms with Gasteiger partial charge in [-0.3, -0.25) is 15.7 Å². The molecule has 0 aromatic heterocycles. The van der Waals surface area contributed by atoms with Gasteiger partial charge in [0.2, 0.25) is 0 Å². The van der Waals surface area contributed by atoms with Crippen molar-refractivity contribution in [2.75, 3.05) is 19.4 Å². The zero-order valence-electron chi connectivity index (χ0n) is 7.00. The molecule has 1 heterocycles. The fourth-order valence-electron chi connectivity index (χ4n) is 1.07. The molecule has 1 aliphatic heterocycles. The molecule has 0 radical (unpaired) electrons. The Morgan fingerprint density at radius 2 is 2.67 bits per heavy atom. The van der Waals surface area contributed by atoms with Crippen LogP contribution in [0.3, 0.4) is 0 Å². The second-order valence-electron chi connectivity index (χ2n) is 2.51. The van der Waals surface area contributed by atoms with Crippen molar-refractivity contribution in [3.63, 3.8) is 0 Å². The lowest BCUT2D eigenvalue weighted by molar-refractivity contribution is 0.116. The van der Waals surface area contributed by atoms with Gasteiger partial charge in [0.15, 0.2) is 0 Å². The monoisotopic (exact) mass is 187 g/mol. The Bertz CT molecular complexity index is 205. The van der Waals surface area contributed by atoms with Crippen molar-refractivity contribution in [1.82, 2.24) is 10.4 Å². The van der Waals surface area contributed by atoms with E-state index < -0.39 is 0 Å². The number of amidine groups is 1. The van der Waals surface area contributed by atoms with E-state index in [0.717, 1.165) is 18.7 Å². The van der Waals surface area contributed by atoms with Gasteiger partial charge in [-0.05, 0) is 0 Å². The van der Waals surface area contributed by atoms with Gasteiger partial charge in [-0.15, -0.1) is 0 Å². The van der Waals surface area contributed by atoms with E-state index in [2.05, 4.69) is 18.1 Å². The summed E-state index contributed by atoms with van der Waals surface area (Å²) in [6.45, 7) is 0.838. The molecule has 68 valence electrons. The maximum absolute atomic E-state index is 7.49. The molecular formula is C7H13N3OS. The Morgan fingerprint density at radius 3 is 3.25 bits per heavy atom. The van der Waals surface area contributed by atoms with E-state index >= 15 is 0 Å². The molecule has 0 atom stereocenters. The van der Waals surface area contributed by atoms with Crippen molar-refractivity contribution in [3.8, 4) is 0 Å².